The van der Waals surface area contributed by atoms with Gasteiger partial charge >= 0.3 is 0 Å². The van der Waals surface area contributed by atoms with E-state index in [1.165, 1.54) is 0 Å². The number of rotatable bonds is 3. The van der Waals surface area contributed by atoms with Gasteiger partial charge in [-0.3, -0.25) is 4.68 Å². The van der Waals surface area contributed by atoms with Gasteiger partial charge in [0.15, 0.2) is 0 Å². The molecular weight excluding hydrogens is 252 g/mol. The third-order valence-corrected chi connectivity index (χ3v) is 3.08. The molecule has 94 valence electrons. The lowest BCUT2D eigenvalue weighted by molar-refractivity contribution is 0.491. The third kappa shape index (κ3) is 2.44. The van der Waals surface area contributed by atoms with Crippen molar-refractivity contribution in [3.63, 3.8) is 0 Å². The van der Waals surface area contributed by atoms with Crippen molar-refractivity contribution in [2.75, 3.05) is 18.4 Å². The molecule has 3 heterocycles. The Bertz CT molecular complexity index is 517. The molecule has 3 rings (SSSR count). The zero-order valence-corrected chi connectivity index (χ0v) is 10.4. The van der Waals surface area contributed by atoms with E-state index in [9.17, 15) is 0 Å². The van der Waals surface area contributed by atoms with Crippen molar-refractivity contribution in [1.82, 2.24) is 25.1 Å². The van der Waals surface area contributed by atoms with Crippen LogP contribution in [0, 0.1) is 0 Å². The van der Waals surface area contributed by atoms with Crippen LogP contribution in [0.4, 0.5) is 11.6 Å². The summed E-state index contributed by atoms with van der Waals surface area (Å²) in [7, 11) is 0. The second kappa shape index (κ2) is 4.91. The van der Waals surface area contributed by atoms with Crippen LogP contribution in [-0.2, 0) is 0 Å². The van der Waals surface area contributed by atoms with Crippen LogP contribution in [0.1, 0.15) is 12.5 Å². The SMILES string of the molecule is Clc1cnc(Nc2cnn(C3CCNC3)c2)nc1. The Hall–Kier alpha value is -1.66. The molecule has 1 aliphatic heterocycles. The number of aromatic nitrogens is 4. The van der Waals surface area contributed by atoms with E-state index >= 15 is 0 Å². The zero-order chi connectivity index (χ0) is 12.4. The summed E-state index contributed by atoms with van der Waals surface area (Å²) in [6.45, 7) is 2.02. The van der Waals surface area contributed by atoms with Gasteiger partial charge in [-0.1, -0.05) is 11.6 Å². The highest BCUT2D eigenvalue weighted by Gasteiger charge is 2.17. The maximum Gasteiger partial charge on any atom is 0.227 e. The second-order valence-electron chi connectivity index (χ2n) is 4.21. The fourth-order valence-corrected chi connectivity index (χ4v) is 2.07. The van der Waals surface area contributed by atoms with Crippen molar-refractivity contribution < 1.29 is 0 Å². The molecular formula is C11H13ClN6. The second-order valence-corrected chi connectivity index (χ2v) is 4.64. The summed E-state index contributed by atoms with van der Waals surface area (Å²) in [6, 6.07) is 0.437. The van der Waals surface area contributed by atoms with Crippen LogP contribution >= 0.6 is 11.6 Å². The molecule has 1 aliphatic rings. The fourth-order valence-electron chi connectivity index (χ4n) is 1.97. The van der Waals surface area contributed by atoms with Crippen molar-refractivity contribution >= 4 is 23.2 Å². The van der Waals surface area contributed by atoms with E-state index in [1.54, 1.807) is 18.6 Å². The average molecular weight is 265 g/mol. The molecule has 0 amide bonds. The third-order valence-electron chi connectivity index (χ3n) is 2.89. The van der Waals surface area contributed by atoms with E-state index in [4.69, 9.17) is 11.6 Å². The highest BCUT2D eigenvalue weighted by atomic mass is 35.5. The lowest BCUT2D eigenvalue weighted by Gasteiger charge is -2.07. The Labute approximate surface area is 109 Å². The van der Waals surface area contributed by atoms with Gasteiger partial charge in [0, 0.05) is 12.7 Å². The predicted molar refractivity (Wildman–Crippen MR) is 69.1 cm³/mol. The summed E-state index contributed by atoms with van der Waals surface area (Å²) in [5, 5.41) is 11.3. The van der Waals surface area contributed by atoms with Crippen LogP contribution in [0.3, 0.4) is 0 Å². The molecule has 0 spiro atoms. The van der Waals surface area contributed by atoms with Crippen LogP contribution < -0.4 is 10.6 Å². The first-order valence-corrected chi connectivity index (χ1v) is 6.18. The molecule has 0 saturated carbocycles. The Morgan fingerprint density at radius 1 is 1.33 bits per heavy atom. The van der Waals surface area contributed by atoms with Crippen molar-refractivity contribution in [3.05, 3.63) is 29.8 Å². The molecule has 0 radical (unpaired) electrons. The van der Waals surface area contributed by atoms with Crippen molar-refractivity contribution in [1.29, 1.82) is 0 Å². The van der Waals surface area contributed by atoms with Crippen molar-refractivity contribution in [3.8, 4) is 0 Å². The molecule has 1 fully saturated rings. The molecule has 0 aliphatic carbocycles. The number of hydrogen-bond donors (Lipinski definition) is 2. The standard InChI is InChI=1S/C11H13ClN6/c12-8-3-14-11(15-4-8)17-9-5-16-18(7-9)10-1-2-13-6-10/h3-5,7,10,13H,1-2,6H2,(H,14,15,17). The summed E-state index contributed by atoms with van der Waals surface area (Å²) >= 11 is 5.73. The summed E-state index contributed by atoms with van der Waals surface area (Å²) in [5.74, 6) is 0.517. The van der Waals surface area contributed by atoms with Gasteiger partial charge < -0.3 is 10.6 Å². The number of anilines is 2. The van der Waals surface area contributed by atoms with Crippen LogP contribution in [0.15, 0.2) is 24.8 Å². The molecule has 2 N–H and O–H groups in total. The summed E-state index contributed by atoms with van der Waals surface area (Å²) in [5.41, 5.74) is 0.879. The molecule has 6 nitrogen and oxygen atoms in total. The Kier molecular flexibility index (Phi) is 3.12. The van der Waals surface area contributed by atoms with E-state index in [2.05, 4.69) is 25.7 Å². The maximum atomic E-state index is 5.73. The number of hydrogen-bond acceptors (Lipinski definition) is 5. The molecule has 0 aromatic carbocycles. The van der Waals surface area contributed by atoms with Gasteiger partial charge in [0.25, 0.3) is 0 Å². The smallest absolute Gasteiger partial charge is 0.227 e. The predicted octanol–water partition coefficient (Wildman–Crippen LogP) is 1.60. The molecule has 7 heteroatoms. The van der Waals surface area contributed by atoms with Crippen molar-refractivity contribution in [2.24, 2.45) is 0 Å². The highest BCUT2D eigenvalue weighted by Crippen LogP contribution is 2.18. The minimum Gasteiger partial charge on any atom is -0.321 e. The largest absolute Gasteiger partial charge is 0.321 e. The summed E-state index contributed by atoms with van der Waals surface area (Å²) < 4.78 is 1.97. The normalized spacial score (nSPS) is 19.1. The van der Waals surface area contributed by atoms with Gasteiger partial charge in [0.05, 0.1) is 35.3 Å². The Morgan fingerprint density at radius 2 is 2.17 bits per heavy atom. The summed E-state index contributed by atoms with van der Waals surface area (Å²) in [6.07, 6.45) is 7.97. The Balaban J connectivity index is 1.71. The van der Waals surface area contributed by atoms with Crippen LogP contribution in [0.5, 0.6) is 0 Å². The number of nitrogens with one attached hydrogen (secondary N) is 2. The fraction of sp³-hybridized carbons (Fsp3) is 0.364. The lowest BCUT2D eigenvalue weighted by Crippen LogP contribution is -2.13. The van der Waals surface area contributed by atoms with E-state index < -0.39 is 0 Å². The van der Waals surface area contributed by atoms with Crippen LogP contribution in [0.2, 0.25) is 5.02 Å². The monoisotopic (exact) mass is 264 g/mol. The molecule has 0 bridgehead atoms. The maximum absolute atomic E-state index is 5.73. The minimum atomic E-state index is 0.437. The summed E-state index contributed by atoms with van der Waals surface area (Å²) in [4.78, 5) is 8.15. The van der Waals surface area contributed by atoms with E-state index in [1.807, 2.05) is 10.9 Å². The average Bonchev–Trinajstić information content (AvgIpc) is 3.02. The first-order chi connectivity index (χ1) is 8.81. The van der Waals surface area contributed by atoms with Gasteiger partial charge in [-0.2, -0.15) is 5.10 Å². The van der Waals surface area contributed by atoms with E-state index in [-0.39, 0.29) is 0 Å². The topological polar surface area (TPSA) is 67.7 Å². The molecule has 2 aromatic heterocycles. The molecule has 1 atom stereocenters. The van der Waals surface area contributed by atoms with Gasteiger partial charge in [-0.25, -0.2) is 9.97 Å². The van der Waals surface area contributed by atoms with Gasteiger partial charge in [0.2, 0.25) is 5.95 Å². The Morgan fingerprint density at radius 3 is 2.89 bits per heavy atom. The number of nitrogens with zero attached hydrogens (tertiary/aromatic N) is 4. The zero-order valence-electron chi connectivity index (χ0n) is 9.67. The minimum absolute atomic E-state index is 0.437. The quantitative estimate of drug-likeness (QED) is 0.882. The molecule has 2 aromatic rings. The number of halogens is 1. The first-order valence-electron chi connectivity index (χ1n) is 5.81. The molecule has 1 saturated heterocycles. The lowest BCUT2D eigenvalue weighted by atomic mass is 10.3. The highest BCUT2D eigenvalue weighted by molar-refractivity contribution is 6.30. The van der Waals surface area contributed by atoms with Crippen LogP contribution in [0.25, 0.3) is 0 Å². The van der Waals surface area contributed by atoms with E-state index in [0.717, 1.165) is 25.2 Å². The van der Waals surface area contributed by atoms with Crippen LogP contribution in [-0.4, -0.2) is 32.8 Å². The van der Waals surface area contributed by atoms with Gasteiger partial charge in [-0.15, -0.1) is 0 Å². The van der Waals surface area contributed by atoms with E-state index in [0.29, 0.717) is 17.0 Å². The molecule has 1 unspecified atom stereocenters. The molecule has 18 heavy (non-hydrogen) atoms. The first kappa shape index (κ1) is 11.4. The van der Waals surface area contributed by atoms with Gasteiger partial charge in [-0.05, 0) is 13.0 Å². The van der Waals surface area contributed by atoms with Crippen molar-refractivity contribution in [2.45, 2.75) is 12.5 Å². The van der Waals surface area contributed by atoms with Gasteiger partial charge in [0.1, 0.15) is 0 Å².